The summed E-state index contributed by atoms with van der Waals surface area (Å²) < 4.78 is 4.81. The van der Waals surface area contributed by atoms with E-state index in [9.17, 15) is 9.59 Å². The molecule has 0 saturated carbocycles. The van der Waals surface area contributed by atoms with Crippen LogP contribution in [0.3, 0.4) is 0 Å². The summed E-state index contributed by atoms with van der Waals surface area (Å²) in [6.07, 6.45) is 1.99. The lowest BCUT2D eigenvalue weighted by Gasteiger charge is -2.18. The van der Waals surface area contributed by atoms with Gasteiger partial charge in [-0.15, -0.1) is 0 Å². The molecule has 0 aliphatic heterocycles. The standard InChI is InChI=1S/C21H23N3O3/c1-2-27-20(25)14-24-21(26)23-12-17(15-8-4-3-5-9-15)18-13-22-19-11-7-6-10-16(18)19/h3-11,13,17,22H,2,12,14H2,1H3,(H2,23,24,26). The van der Waals surface area contributed by atoms with Gasteiger partial charge in [0.2, 0.25) is 0 Å². The zero-order chi connectivity index (χ0) is 19.1. The molecule has 0 aliphatic carbocycles. The minimum absolute atomic E-state index is 0.0179. The first kappa shape index (κ1) is 18.5. The van der Waals surface area contributed by atoms with Gasteiger partial charge >= 0.3 is 12.0 Å². The van der Waals surface area contributed by atoms with Crippen molar-refractivity contribution >= 4 is 22.9 Å². The second kappa shape index (κ2) is 8.89. The molecule has 0 fully saturated rings. The van der Waals surface area contributed by atoms with Crippen LogP contribution in [0.5, 0.6) is 0 Å². The third kappa shape index (κ3) is 4.67. The number of nitrogens with one attached hydrogen (secondary N) is 3. The number of rotatable bonds is 7. The molecule has 1 unspecified atom stereocenters. The molecule has 3 aromatic rings. The number of para-hydroxylation sites is 1. The Morgan fingerprint density at radius 2 is 1.78 bits per heavy atom. The zero-order valence-electron chi connectivity index (χ0n) is 15.2. The highest BCUT2D eigenvalue weighted by Gasteiger charge is 2.19. The maximum atomic E-state index is 12.1. The summed E-state index contributed by atoms with van der Waals surface area (Å²) in [7, 11) is 0. The van der Waals surface area contributed by atoms with Gasteiger partial charge in [-0.3, -0.25) is 4.79 Å². The van der Waals surface area contributed by atoms with Crippen molar-refractivity contribution in [2.24, 2.45) is 0 Å². The normalized spacial score (nSPS) is 11.7. The van der Waals surface area contributed by atoms with Gasteiger partial charge in [-0.2, -0.15) is 0 Å². The Morgan fingerprint density at radius 3 is 2.56 bits per heavy atom. The number of amides is 2. The van der Waals surface area contributed by atoms with E-state index in [1.165, 1.54) is 0 Å². The lowest BCUT2D eigenvalue weighted by molar-refractivity contribution is -0.141. The van der Waals surface area contributed by atoms with Crippen LogP contribution in [0.15, 0.2) is 60.8 Å². The number of urea groups is 1. The third-order valence-electron chi connectivity index (χ3n) is 4.36. The molecule has 27 heavy (non-hydrogen) atoms. The summed E-state index contributed by atoms with van der Waals surface area (Å²) in [6.45, 7) is 2.27. The maximum absolute atomic E-state index is 12.1. The summed E-state index contributed by atoms with van der Waals surface area (Å²) in [5.41, 5.74) is 3.27. The van der Waals surface area contributed by atoms with Gasteiger partial charge in [-0.1, -0.05) is 48.5 Å². The number of benzene rings is 2. The van der Waals surface area contributed by atoms with E-state index in [-0.39, 0.29) is 12.5 Å². The van der Waals surface area contributed by atoms with Gasteiger partial charge in [0.05, 0.1) is 6.61 Å². The largest absolute Gasteiger partial charge is 0.465 e. The summed E-state index contributed by atoms with van der Waals surface area (Å²) in [6, 6.07) is 17.7. The van der Waals surface area contributed by atoms with E-state index in [2.05, 4.69) is 21.7 Å². The Kier molecular flexibility index (Phi) is 6.10. The fourth-order valence-corrected chi connectivity index (χ4v) is 3.10. The topological polar surface area (TPSA) is 83.2 Å². The van der Waals surface area contributed by atoms with Gasteiger partial charge in [-0.05, 0) is 24.1 Å². The zero-order valence-corrected chi connectivity index (χ0v) is 15.2. The Morgan fingerprint density at radius 1 is 1.04 bits per heavy atom. The van der Waals surface area contributed by atoms with E-state index in [4.69, 9.17) is 4.74 Å². The third-order valence-corrected chi connectivity index (χ3v) is 4.36. The van der Waals surface area contributed by atoms with Gasteiger partial charge in [0.1, 0.15) is 6.54 Å². The molecule has 0 aliphatic rings. The molecule has 0 bridgehead atoms. The van der Waals surface area contributed by atoms with Crippen molar-refractivity contribution in [3.63, 3.8) is 0 Å². The number of hydrogen-bond donors (Lipinski definition) is 3. The lowest BCUT2D eigenvalue weighted by Crippen LogP contribution is -2.40. The molecule has 1 aromatic heterocycles. The van der Waals surface area contributed by atoms with Crippen LogP contribution in [-0.2, 0) is 9.53 Å². The molecule has 1 heterocycles. The van der Waals surface area contributed by atoms with Crippen LogP contribution in [0.1, 0.15) is 24.0 Å². The molecule has 1 atom stereocenters. The minimum atomic E-state index is -0.455. The fraction of sp³-hybridized carbons (Fsp3) is 0.238. The van der Waals surface area contributed by atoms with E-state index in [1.54, 1.807) is 6.92 Å². The minimum Gasteiger partial charge on any atom is -0.465 e. The van der Waals surface area contributed by atoms with Crippen molar-refractivity contribution < 1.29 is 14.3 Å². The van der Waals surface area contributed by atoms with Crippen molar-refractivity contribution in [1.29, 1.82) is 0 Å². The van der Waals surface area contributed by atoms with Gasteiger partial charge in [0.15, 0.2) is 0 Å². The van der Waals surface area contributed by atoms with Crippen LogP contribution in [0.4, 0.5) is 4.79 Å². The van der Waals surface area contributed by atoms with Crippen molar-refractivity contribution in [2.45, 2.75) is 12.8 Å². The molecular formula is C21H23N3O3. The monoisotopic (exact) mass is 365 g/mol. The number of H-pyrrole nitrogens is 1. The first-order chi connectivity index (χ1) is 13.2. The second-order valence-electron chi connectivity index (χ2n) is 6.12. The Bertz CT molecular complexity index is 905. The molecular weight excluding hydrogens is 342 g/mol. The first-order valence-corrected chi connectivity index (χ1v) is 8.97. The molecule has 6 heteroatoms. The van der Waals surface area contributed by atoms with Crippen molar-refractivity contribution in [3.8, 4) is 0 Å². The smallest absolute Gasteiger partial charge is 0.325 e. The van der Waals surface area contributed by atoms with Crippen LogP contribution in [0, 0.1) is 0 Å². The van der Waals surface area contributed by atoms with E-state index >= 15 is 0 Å². The summed E-state index contributed by atoms with van der Waals surface area (Å²) in [4.78, 5) is 26.7. The molecule has 0 saturated heterocycles. The predicted octanol–water partition coefficient (Wildman–Crippen LogP) is 3.16. The number of carbonyl (C=O) groups is 2. The summed E-state index contributed by atoms with van der Waals surface area (Å²) in [5.74, 6) is -0.473. The summed E-state index contributed by atoms with van der Waals surface area (Å²) >= 11 is 0. The maximum Gasteiger partial charge on any atom is 0.325 e. The molecule has 0 radical (unpaired) electrons. The van der Waals surface area contributed by atoms with Crippen molar-refractivity contribution in [3.05, 3.63) is 71.9 Å². The molecule has 2 aromatic carbocycles. The second-order valence-corrected chi connectivity index (χ2v) is 6.12. The van der Waals surface area contributed by atoms with E-state index in [1.807, 2.05) is 54.7 Å². The molecule has 6 nitrogen and oxygen atoms in total. The number of fused-ring (bicyclic) bond motifs is 1. The molecule has 140 valence electrons. The number of carbonyl (C=O) groups excluding carboxylic acids is 2. The Balaban J connectivity index is 1.74. The fourth-order valence-electron chi connectivity index (χ4n) is 3.10. The quantitative estimate of drug-likeness (QED) is 0.563. The van der Waals surface area contributed by atoms with Gasteiger partial charge in [-0.25, -0.2) is 4.79 Å². The molecule has 0 spiro atoms. The molecule has 3 N–H and O–H groups in total. The van der Waals surface area contributed by atoms with Crippen molar-refractivity contribution in [2.75, 3.05) is 19.7 Å². The van der Waals surface area contributed by atoms with Crippen molar-refractivity contribution in [1.82, 2.24) is 15.6 Å². The first-order valence-electron chi connectivity index (χ1n) is 8.97. The average Bonchev–Trinajstić information content (AvgIpc) is 3.12. The van der Waals surface area contributed by atoms with Crippen LogP contribution in [0.2, 0.25) is 0 Å². The number of hydrogen-bond acceptors (Lipinski definition) is 3. The van der Waals surface area contributed by atoms with Gasteiger partial charge in [0.25, 0.3) is 0 Å². The number of aromatic nitrogens is 1. The van der Waals surface area contributed by atoms with E-state index in [0.717, 1.165) is 22.0 Å². The highest BCUT2D eigenvalue weighted by molar-refractivity contribution is 5.84. The SMILES string of the molecule is CCOC(=O)CNC(=O)NCC(c1ccccc1)c1c[nH]c2ccccc12. The molecule has 3 rings (SSSR count). The average molecular weight is 365 g/mol. The van der Waals surface area contributed by atoms with Crippen LogP contribution in [0.25, 0.3) is 10.9 Å². The van der Waals surface area contributed by atoms with Crippen LogP contribution in [-0.4, -0.2) is 36.7 Å². The van der Waals surface area contributed by atoms with Gasteiger partial charge < -0.3 is 20.4 Å². The van der Waals surface area contributed by atoms with Crippen LogP contribution >= 0.6 is 0 Å². The highest BCUT2D eigenvalue weighted by atomic mass is 16.5. The number of aromatic amines is 1. The van der Waals surface area contributed by atoms with Gasteiger partial charge in [0, 0.05) is 29.6 Å². The summed E-state index contributed by atoms with van der Waals surface area (Å²) in [5, 5.41) is 6.51. The van der Waals surface area contributed by atoms with Crippen LogP contribution < -0.4 is 10.6 Å². The Hall–Kier alpha value is -3.28. The Labute approximate surface area is 157 Å². The highest BCUT2D eigenvalue weighted by Crippen LogP contribution is 2.30. The number of ether oxygens (including phenoxy) is 1. The van der Waals surface area contributed by atoms with E-state index < -0.39 is 12.0 Å². The number of esters is 1. The predicted molar refractivity (Wildman–Crippen MR) is 105 cm³/mol. The lowest BCUT2D eigenvalue weighted by atomic mass is 9.91. The molecule has 2 amide bonds. The van der Waals surface area contributed by atoms with E-state index in [0.29, 0.717) is 13.2 Å².